The van der Waals surface area contributed by atoms with E-state index in [-0.39, 0.29) is 11.9 Å². The third-order valence-electron chi connectivity index (χ3n) is 4.29. The van der Waals surface area contributed by atoms with Crippen molar-refractivity contribution in [2.24, 2.45) is 0 Å². The fourth-order valence-corrected chi connectivity index (χ4v) is 3.36. The molecule has 1 aromatic rings. The van der Waals surface area contributed by atoms with E-state index in [1.54, 1.807) is 0 Å². The maximum absolute atomic E-state index is 12.7. The lowest BCUT2D eigenvalue weighted by Crippen LogP contribution is -2.51. The van der Waals surface area contributed by atoms with Crippen molar-refractivity contribution in [2.45, 2.75) is 26.3 Å². The van der Waals surface area contributed by atoms with Crippen molar-refractivity contribution in [1.82, 2.24) is 10.2 Å². The Labute approximate surface area is 120 Å². The summed E-state index contributed by atoms with van der Waals surface area (Å²) < 4.78 is 0. The summed E-state index contributed by atoms with van der Waals surface area (Å²) in [5.41, 5.74) is 3.50. The van der Waals surface area contributed by atoms with Crippen LogP contribution in [0.2, 0.25) is 0 Å². The highest BCUT2D eigenvalue weighted by Gasteiger charge is 2.36. The van der Waals surface area contributed by atoms with E-state index >= 15 is 0 Å². The van der Waals surface area contributed by atoms with Gasteiger partial charge in [-0.15, -0.1) is 0 Å². The van der Waals surface area contributed by atoms with Crippen molar-refractivity contribution >= 4 is 11.6 Å². The van der Waals surface area contributed by atoms with Crippen LogP contribution in [0.15, 0.2) is 18.2 Å². The van der Waals surface area contributed by atoms with Crippen molar-refractivity contribution in [3.05, 3.63) is 29.3 Å². The fraction of sp³-hybridized carbons (Fsp3) is 0.562. The summed E-state index contributed by atoms with van der Waals surface area (Å²) in [6.07, 6.45) is 0.950. The van der Waals surface area contributed by atoms with Crippen LogP contribution in [0.5, 0.6) is 0 Å². The van der Waals surface area contributed by atoms with Crippen LogP contribution in [-0.2, 0) is 4.79 Å². The minimum Gasteiger partial charge on any atom is -0.314 e. The number of carbonyl (C=O) groups excluding carboxylic acids is 1. The molecule has 0 spiro atoms. The normalized spacial score (nSPS) is 24.4. The van der Waals surface area contributed by atoms with Crippen LogP contribution in [0.1, 0.15) is 17.5 Å². The lowest BCUT2D eigenvalue weighted by molar-refractivity contribution is -0.121. The number of hydrogen-bond donors (Lipinski definition) is 1. The summed E-state index contributed by atoms with van der Waals surface area (Å²) in [5.74, 6) is 0.275. The first-order valence-electron chi connectivity index (χ1n) is 7.49. The van der Waals surface area contributed by atoms with Gasteiger partial charge in [-0.05, 0) is 43.5 Å². The van der Waals surface area contributed by atoms with Crippen LogP contribution in [0.3, 0.4) is 0 Å². The van der Waals surface area contributed by atoms with Gasteiger partial charge < -0.3 is 10.2 Å². The SMILES string of the molecule is Cc1cc(C)cc(N2CCC(N3CCNCC3)C2=O)c1. The molecule has 3 rings (SSSR count). The monoisotopic (exact) mass is 273 g/mol. The predicted octanol–water partition coefficient (Wildman–Crippen LogP) is 1.31. The van der Waals surface area contributed by atoms with Gasteiger partial charge in [0.1, 0.15) is 0 Å². The molecule has 0 aliphatic carbocycles. The van der Waals surface area contributed by atoms with E-state index in [0.717, 1.165) is 44.8 Å². The van der Waals surface area contributed by atoms with E-state index in [9.17, 15) is 4.79 Å². The maximum Gasteiger partial charge on any atom is 0.244 e. The lowest BCUT2D eigenvalue weighted by atomic mass is 10.1. The molecular weight excluding hydrogens is 250 g/mol. The minimum absolute atomic E-state index is 0.0814. The van der Waals surface area contributed by atoms with Crippen LogP contribution in [0.25, 0.3) is 0 Å². The van der Waals surface area contributed by atoms with Gasteiger partial charge >= 0.3 is 0 Å². The Hall–Kier alpha value is -1.39. The molecule has 1 unspecified atom stereocenters. The number of piperazine rings is 1. The third kappa shape index (κ3) is 2.58. The number of nitrogens with one attached hydrogen (secondary N) is 1. The quantitative estimate of drug-likeness (QED) is 0.882. The highest BCUT2D eigenvalue weighted by atomic mass is 16.2. The van der Waals surface area contributed by atoms with Gasteiger partial charge in [-0.3, -0.25) is 9.69 Å². The number of amides is 1. The van der Waals surface area contributed by atoms with E-state index in [1.807, 2.05) is 4.90 Å². The molecule has 4 heteroatoms. The summed E-state index contributed by atoms with van der Waals surface area (Å²) >= 11 is 0. The van der Waals surface area contributed by atoms with Gasteiger partial charge in [0.2, 0.25) is 5.91 Å². The van der Waals surface area contributed by atoms with Gasteiger partial charge in [0.05, 0.1) is 6.04 Å². The zero-order valence-corrected chi connectivity index (χ0v) is 12.4. The zero-order valence-electron chi connectivity index (χ0n) is 12.4. The standard InChI is InChI=1S/C16H23N3O/c1-12-9-13(2)11-14(10-12)19-6-3-15(16(19)20)18-7-4-17-5-8-18/h9-11,15,17H,3-8H2,1-2H3. The third-order valence-corrected chi connectivity index (χ3v) is 4.29. The average Bonchev–Trinajstić information content (AvgIpc) is 2.80. The molecular formula is C16H23N3O. The second-order valence-corrected chi connectivity index (χ2v) is 5.93. The summed E-state index contributed by atoms with van der Waals surface area (Å²) in [4.78, 5) is 17.0. The summed E-state index contributed by atoms with van der Waals surface area (Å²) in [6, 6.07) is 6.46. The zero-order chi connectivity index (χ0) is 14.1. The van der Waals surface area contributed by atoms with Crippen molar-refractivity contribution in [3.8, 4) is 0 Å². The number of carbonyl (C=O) groups is 1. The van der Waals surface area contributed by atoms with Crippen molar-refractivity contribution in [3.63, 3.8) is 0 Å². The largest absolute Gasteiger partial charge is 0.314 e. The van der Waals surface area contributed by atoms with Crippen LogP contribution in [0.4, 0.5) is 5.69 Å². The molecule has 0 bridgehead atoms. The number of hydrogen-bond acceptors (Lipinski definition) is 3. The molecule has 2 fully saturated rings. The summed E-state index contributed by atoms with van der Waals surface area (Å²) in [5, 5.41) is 3.34. The first-order chi connectivity index (χ1) is 9.65. The minimum atomic E-state index is 0.0814. The second kappa shape index (κ2) is 5.54. The van der Waals surface area contributed by atoms with Crippen LogP contribution < -0.4 is 10.2 Å². The Morgan fingerprint density at radius 2 is 1.70 bits per heavy atom. The molecule has 0 aromatic heterocycles. The first-order valence-corrected chi connectivity index (χ1v) is 7.49. The van der Waals surface area contributed by atoms with Crippen LogP contribution >= 0.6 is 0 Å². The van der Waals surface area contributed by atoms with Crippen LogP contribution in [0, 0.1) is 13.8 Å². The van der Waals surface area contributed by atoms with Crippen molar-refractivity contribution in [2.75, 3.05) is 37.6 Å². The van der Waals surface area contributed by atoms with Gasteiger partial charge in [-0.2, -0.15) is 0 Å². The topological polar surface area (TPSA) is 35.6 Å². The Bertz CT molecular complexity index is 488. The lowest BCUT2D eigenvalue weighted by Gasteiger charge is -2.31. The molecule has 2 saturated heterocycles. The molecule has 1 amide bonds. The van der Waals surface area contributed by atoms with Gasteiger partial charge in [-0.1, -0.05) is 6.07 Å². The number of benzene rings is 1. The second-order valence-electron chi connectivity index (χ2n) is 5.93. The molecule has 2 aliphatic heterocycles. The molecule has 1 N–H and O–H groups in total. The first kappa shape index (κ1) is 13.6. The Kier molecular flexibility index (Phi) is 3.76. The number of aryl methyl sites for hydroxylation is 2. The number of rotatable bonds is 2. The predicted molar refractivity (Wildman–Crippen MR) is 81.1 cm³/mol. The molecule has 2 aliphatic rings. The van der Waals surface area contributed by atoms with Crippen molar-refractivity contribution < 1.29 is 4.79 Å². The van der Waals surface area contributed by atoms with Gasteiger partial charge in [0, 0.05) is 38.4 Å². The Balaban J connectivity index is 1.77. The van der Waals surface area contributed by atoms with E-state index in [2.05, 4.69) is 42.3 Å². The molecule has 1 aromatic carbocycles. The molecule has 0 saturated carbocycles. The summed E-state index contributed by atoms with van der Waals surface area (Å²) in [7, 11) is 0. The molecule has 1 atom stereocenters. The number of nitrogens with zero attached hydrogens (tertiary/aromatic N) is 2. The smallest absolute Gasteiger partial charge is 0.244 e. The van der Waals surface area contributed by atoms with Crippen LogP contribution in [-0.4, -0.2) is 49.6 Å². The Morgan fingerprint density at radius 1 is 1.05 bits per heavy atom. The van der Waals surface area contributed by atoms with Gasteiger partial charge in [-0.25, -0.2) is 0 Å². The highest BCUT2D eigenvalue weighted by molar-refractivity contribution is 5.99. The average molecular weight is 273 g/mol. The van der Waals surface area contributed by atoms with Gasteiger partial charge in [0.15, 0.2) is 0 Å². The van der Waals surface area contributed by atoms with E-state index in [1.165, 1.54) is 11.1 Å². The highest BCUT2D eigenvalue weighted by Crippen LogP contribution is 2.26. The van der Waals surface area contributed by atoms with E-state index in [0.29, 0.717) is 0 Å². The Morgan fingerprint density at radius 3 is 2.35 bits per heavy atom. The van der Waals surface area contributed by atoms with E-state index in [4.69, 9.17) is 0 Å². The molecule has 2 heterocycles. The summed E-state index contributed by atoms with van der Waals surface area (Å²) in [6.45, 7) is 8.97. The van der Waals surface area contributed by atoms with Gasteiger partial charge in [0.25, 0.3) is 0 Å². The van der Waals surface area contributed by atoms with Crippen molar-refractivity contribution in [1.29, 1.82) is 0 Å². The molecule has 0 radical (unpaired) electrons. The molecule has 4 nitrogen and oxygen atoms in total. The van der Waals surface area contributed by atoms with E-state index < -0.39 is 0 Å². The molecule has 108 valence electrons. The maximum atomic E-state index is 12.7. The number of anilines is 1. The fourth-order valence-electron chi connectivity index (χ4n) is 3.36. The molecule has 20 heavy (non-hydrogen) atoms.